The van der Waals surface area contributed by atoms with Crippen LogP contribution in [0, 0.1) is 0 Å². The van der Waals surface area contributed by atoms with Crippen molar-refractivity contribution in [3.8, 4) is 0 Å². The van der Waals surface area contributed by atoms with Crippen molar-refractivity contribution in [3.05, 3.63) is 34.9 Å². The van der Waals surface area contributed by atoms with Gasteiger partial charge in [-0.2, -0.15) is 0 Å². The molecule has 0 bridgehead atoms. The molecule has 1 aromatic rings. The maximum atomic E-state index is 12.2. The van der Waals surface area contributed by atoms with Gasteiger partial charge in [0.15, 0.2) is 12.4 Å². The third-order valence-corrected chi connectivity index (χ3v) is 3.88. The third-order valence-electron chi connectivity index (χ3n) is 3.88. The summed E-state index contributed by atoms with van der Waals surface area (Å²) in [6.07, 6.45) is 4.50. The molecule has 0 heterocycles. The van der Waals surface area contributed by atoms with E-state index in [4.69, 9.17) is 4.74 Å². The summed E-state index contributed by atoms with van der Waals surface area (Å²) in [6, 6.07) is 5.79. The number of fused-ring (bicyclic) bond motifs is 1. The Morgan fingerprint density at radius 3 is 2.43 bits per heavy atom. The first kappa shape index (κ1) is 17.2. The molecular formula is C18H22O5. The Kier molecular flexibility index (Phi) is 6.32. The Morgan fingerprint density at radius 2 is 1.70 bits per heavy atom. The topological polar surface area (TPSA) is 69.7 Å². The lowest BCUT2D eigenvalue weighted by molar-refractivity contribution is -0.158. The number of rotatable bonds is 7. The highest BCUT2D eigenvalue weighted by molar-refractivity contribution is 5.97. The second kappa shape index (κ2) is 8.46. The zero-order valence-corrected chi connectivity index (χ0v) is 13.4. The summed E-state index contributed by atoms with van der Waals surface area (Å²) in [5, 5.41) is 0. The summed E-state index contributed by atoms with van der Waals surface area (Å²) in [6.45, 7) is 1.52. The highest BCUT2D eigenvalue weighted by atomic mass is 16.6. The van der Waals surface area contributed by atoms with Gasteiger partial charge in [0, 0.05) is 12.0 Å². The maximum Gasteiger partial charge on any atom is 0.344 e. The zero-order valence-electron chi connectivity index (χ0n) is 13.4. The quantitative estimate of drug-likeness (QED) is 0.571. The van der Waals surface area contributed by atoms with E-state index in [1.807, 2.05) is 18.2 Å². The number of Topliss-reactive ketones (excluding diaryl/α,β-unsaturated/α-hetero) is 1. The molecule has 124 valence electrons. The maximum absolute atomic E-state index is 12.2. The van der Waals surface area contributed by atoms with Crippen LogP contribution in [-0.2, 0) is 31.9 Å². The molecule has 2 rings (SSSR count). The largest absolute Gasteiger partial charge is 0.463 e. The van der Waals surface area contributed by atoms with Gasteiger partial charge in [-0.15, -0.1) is 0 Å². The van der Waals surface area contributed by atoms with Crippen molar-refractivity contribution in [2.24, 2.45) is 0 Å². The number of hydrogen-bond acceptors (Lipinski definition) is 5. The molecule has 0 saturated heterocycles. The standard InChI is InChI=1S/C18H22O5/c1-2-22-18(21)12-23-17(20)10-9-16(19)15-8-7-13-5-3-4-6-14(13)11-15/h7-8,11H,2-6,9-10,12H2,1H3. The molecule has 0 fully saturated rings. The molecule has 5 heteroatoms. The van der Waals surface area contributed by atoms with E-state index in [2.05, 4.69) is 4.74 Å². The van der Waals surface area contributed by atoms with E-state index in [1.165, 1.54) is 17.5 Å². The summed E-state index contributed by atoms with van der Waals surface area (Å²) in [4.78, 5) is 34.8. The lowest BCUT2D eigenvalue weighted by Gasteiger charge is -2.16. The second-order valence-corrected chi connectivity index (χ2v) is 5.58. The van der Waals surface area contributed by atoms with Crippen molar-refractivity contribution < 1.29 is 23.9 Å². The molecule has 0 atom stereocenters. The first-order valence-electron chi connectivity index (χ1n) is 8.06. The van der Waals surface area contributed by atoms with Crippen LogP contribution in [0.15, 0.2) is 18.2 Å². The number of esters is 2. The molecule has 23 heavy (non-hydrogen) atoms. The molecule has 1 aromatic carbocycles. The predicted octanol–water partition coefficient (Wildman–Crippen LogP) is 2.63. The average molecular weight is 318 g/mol. The van der Waals surface area contributed by atoms with Crippen LogP contribution in [0.5, 0.6) is 0 Å². The van der Waals surface area contributed by atoms with E-state index in [0.717, 1.165) is 19.3 Å². The number of hydrogen-bond donors (Lipinski definition) is 0. The van der Waals surface area contributed by atoms with Gasteiger partial charge in [0.1, 0.15) is 0 Å². The molecule has 0 saturated carbocycles. The summed E-state index contributed by atoms with van der Waals surface area (Å²) >= 11 is 0. The average Bonchev–Trinajstić information content (AvgIpc) is 2.57. The summed E-state index contributed by atoms with van der Waals surface area (Å²) < 4.78 is 9.42. The van der Waals surface area contributed by atoms with E-state index in [1.54, 1.807) is 6.92 Å². The number of aryl methyl sites for hydroxylation is 2. The van der Waals surface area contributed by atoms with Crippen molar-refractivity contribution in [2.75, 3.05) is 13.2 Å². The van der Waals surface area contributed by atoms with Gasteiger partial charge in [-0.25, -0.2) is 4.79 Å². The first-order chi connectivity index (χ1) is 11.1. The Bertz CT molecular complexity index is 591. The van der Waals surface area contributed by atoms with E-state index in [0.29, 0.717) is 5.56 Å². The molecule has 0 radical (unpaired) electrons. The van der Waals surface area contributed by atoms with Gasteiger partial charge in [-0.1, -0.05) is 12.1 Å². The lowest BCUT2D eigenvalue weighted by atomic mass is 9.89. The Hall–Kier alpha value is -2.17. The predicted molar refractivity (Wildman–Crippen MR) is 84.2 cm³/mol. The fourth-order valence-electron chi connectivity index (χ4n) is 2.68. The van der Waals surface area contributed by atoms with E-state index < -0.39 is 18.5 Å². The molecule has 1 aliphatic carbocycles. The van der Waals surface area contributed by atoms with Gasteiger partial charge in [0.2, 0.25) is 0 Å². The highest BCUT2D eigenvalue weighted by Crippen LogP contribution is 2.22. The summed E-state index contributed by atoms with van der Waals surface area (Å²) in [7, 11) is 0. The summed E-state index contributed by atoms with van der Waals surface area (Å²) in [5.41, 5.74) is 3.21. The third kappa shape index (κ3) is 5.20. The van der Waals surface area contributed by atoms with E-state index >= 15 is 0 Å². The van der Waals surface area contributed by atoms with Gasteiger partial charge >= 0.3 is 11.9 Å². The molecule has 0 N–H and O–H groups in total. The fourth-order valence-corrected chi connectivity index (χ4v) is 2.68. The molecule has 0 unspecified atom stereocenters. The number of carbonyl (C=O) groups is 3. The van der Waals surface area contributed by atoms with Crippen LogP contribution in [0.3, 0.4) is 0 Å². The number of carbonyl (C=O) groups excluding carboxylic acids is 3. The van der Waals surface area contributed by atoms with Gasteiger partial charge in [0.05, 0.1) is 13.0 Å². The van der Waals surface area contributed by atoms with Gasteiger partial charge in [-0.3, -0.25) is 9.59 Å². The Balaban J connectivity index is 1.80. The van der Waals surface area contributed by atoms with Crippen molar-refractivity contribution in [1.82, 2.24) is 0 Å². The van der Waals surface area contributed by atoms with Crippen LogP contribution in [0.1, 0.15) is 54.1 Å². The van der Waals surface area contributed by atoms with Crippen molar-refractivity contribution in [1.29, 1.82) is 0 Å². The Morgan fingerprint density at radius 1 is 0.957 bits per heavy atom. The normalized spacial score (nSPS) is 13.1. The zero-order chi connectivity index (χ0) is 16.7. The van der Waals surface area contributed by atoms with Crippen LogP contribution in [0.2, 0.25) is 0 Å². The van der Waals surface area contributed by atoms with E-state index in [-0.39, 0.29) is 25.2 Å². The van der Waals surface area contributed by atoms with Gasteiger partial charge in [0.25, 0.3) is 0 Å². The SMILES string of the molecule is CCOC(=O)COC(=O)CCC(=O)c1ccc2c(c1)CCCC2. The van der Waals surface area contributed by atoms with Gasteiger partial charge in [-0.05, 0) is 49.8 Å². The molecule has 0 spiro atoms. The minimum Gasteiger partial charge on any atom is -0.463 e. The molecule has 0 aliphatic heterocycles. The van der Waals surface area contributed by atoms with Crippen LogP contribution >= 0.6 is 0 Å². The van der Waals surface area contributed by atoms with Crippen LogP contribution in [0.4, 0.5) is 0 Å². The molecule has 5 nitrogen and oxygen atoms in total. The minimum absolute atomic E-state index is 0.0324. The number of benzene rings is 1. The number of ketones is 1. The first-order valence-corrected chi connectivity index (χ1v) is 8.06. The van der Waals surface area contributed by atoms with Crippen molar-refractivity contribution >= 4 is 17.7 Å². The monoisotopic (exact) mass is 318 g/mol. The highest BCUT2D eigenvalue weighted by Gasteiger charge is 2.15. The Labute approximate surface area is 136 Å². The van der Waals surface area contributed by atoms with Crippen LogP contribution in [0.25, 0.3) is 0 Å². The van der Waals surface area contributed by atoms with Crippen molar-refractivity contribution in [3.63, 3.8) is 0 Å². The smallest absolute Gasteiger partial charge is 0.344 e. The molecule has 0 aromatic heterocycles. The second-order valence-electron chi connectivity index (χ2n) is 5.58. The minimum atomic E-state index is -0.582. The summed E-state index contributed by atoms with van der Waals surface area (Å²) in [5.74, 6) is -1.22. The lowest BCUT2D eigenvalue weighted by Crippen LogP contribution is -2.17. The molecular weight excluding hydrogens is 296 g/mol. The molecule has 0 amide bonds. The number of ether oxygens (including phenoxy) is 2. The fraction of sp³-hybridized carbons (Fsp3) is 0.500. The van der Waals surface area contributed by atoms with Crippen LogP contribution < -0.4 is 0 Å². The van der Waals surface area contributed by atoms with Crippen molar-refractivity contribution in [2.45, 2.75) is 45.4 Å². The molecule has 1 aliphatic rings. The van der Waals surface area contributed by atoms with Crippen LogP contribution in [-0.4, -0.2) is 30.9 Å². The van der Waals surface area contributed by atoms with E-state index in [9.17, 15) is 14.4 Å². The van der Waals surface area contributed by atoms with Gasteiger partial charge < -0.3 is 9.47 Å².